The van der Waals surface area contributed by atoms with Crippen molar-refractivity contribution >= 4 is 0 Å². The van der Waals surface area contributed by atoms with Gasteiger partial charge >= 0.3 is 0 Å². The fourth-order valence-corrected chi connectivity index (χ4v) is 3.17. The molecule has 0 saturated carbocycles. The molecule has 0 aromatic heterocycles. The van der Waals surface area contributed by atoms with Crippen molar-refractivity contribution in [1.29, 1.82) is 0 Å². The SMILES string of the molecule is CCOc1cc2c(cc1CNCCCO)CC(CC)N(C)C2. The van der Waals surface area contributed by atoms with Crippen molar-refractivity contribution in [3.8, 4) is 5.75 Å². The molecule has 1 heterocycles. The molecule has 0 bridgehead atoms. The number of rotatable bonds is 8. The molecule has 22 heavy (non-hydrogen) atoms. The van der Waals surface area contributed by atoms with E-state index in [2.05, 4.69) is 36.3 Å². The van der Waals surface area contributed by atoms with Gasteiger partial charge in [-0.25, -0.2) is 0 Å². The molecule has 1 atom stereocenters. The van der Waals surface area contributed by atoms with Gasteiger partial charge in [0.15, 0.2) is 0 Å². The first-order chi connectivity index (χ1) is 10.7. The Kier molecular flexibility index (Phi) is 6.68. The van der Waals surface area contributed by atoms with Crippen molar-refractivity contribution < 1.29 is 9.84 Å². The minimum atomic E-state index is 0.236. The number of fused-ring (bicyclic) bond motifs is 1. The Morgan fingerprint density at radius 3 is 2.82 bits per heavy atom. The van der Waals surface area contributed by atoms with Crippen LogP contribution in [-0.2, 0) is 19.5 Å². The molecule has 1 aliphatic rings. The van der Waals surface area contributed by atoms with Gasteiger partial charge in [0, 0.05) is 31.3 Å². The Morgan fingerprint density at radius 2 is 2.14 bits per heavy atom. The van der Waals surface area contributed by atoms with Crippen LogP contribution < -0.4 is 10.1 Å². The standard InChI is InChI=1S/C18H30N2O2/c1-4-17-10-14-9-15(12-19-7-6-8-21)18(22-5-2)11-16(14)13-20(17)3/h9,11,17,19,21H,4-8,10,12-13H2,1-3H3. The number of aliphatic hydroxyl groups is 1. The number of nitrogens with one attached hydrogen (secondary N) is 1. The second-order valence-corrected chi connectivity index (χ2v) is 6.10. The maximum absolute atomic E-state index is 8.87. The highest BCUT2D eigenvalue weighted by Gasteiger charge is 2.23. The quantitative estimate of drug-likeness (QED) is 0.724. The number of hydrogen-bond donors (Lipinski definition) is 2. The van der Waals surface area contributed by atoms with Crippen LogP contribution in [0.5, 0.6) is 5.75 Å². The Hall–Kier alpha value is -1.10. The molecule has 124 valence electrons. The summed E-state index contributed by atoms with van der Waals surface area (Å²) in [5.74, 6) is 1.00. The third-order valence-electron chi connectivity index (χ3n) is 4.48. The second kappa shape index (κ2) is 8.51. The van der Waals surface area contributed by atoms with E-state index in [1.165, 1.54) is 23.1 Å². The van der Waals surface area contributed by atoms with Gasteiger partial charge in [-0.2, -0.15) is 0 Å². The van der Waals surface area contributed by atoms with Crippen molar-refractivity contribution in [3.05, 3.63) is 28.8 Å². The summed E-state index contributed by atoms with van der Waals surface area (Å²) in [6, 6.07) is 5.19. The minimum Gasteiger partial charge on any atom is -0.494 e. The van der Waals surface area contributed by atoms with Crippen molar-refractivity contribution in [2.24, 2.45) is 0 Å². The van der Waals surface area contributed by atoms with Gasteiger partial charge in [0.05, 0.1) is 6.61 Å². The van der Waals surface area contributed by atoms with Gasteiger partial charge in [0.25, 0.3) is 0 Å². The predicted molar refractivity (Wildman–Crippen MR) is 90.3 cm³/mol. The summed E-state index contributed by atoms with van der Waals surface area (Å²) in [6.07, 6.45) is 3.10. The first kappa shape index (κ1) is 17.3. The van der Waals surface area contributed by atoms with Crippen LogP contribution in [0.1, 0.15) is 43.4 Å². The molecule has 2 rings (SSSR count). The van der Waals surface area contributed by atoms with Crippen molar-refractivity contribution in [2.75, 3.05) is 26.8 Å². The normalized spacial score (nSPS) is 18.3. The van der Waals surface area contributed by atoms with Crippen molar-refractivity contribution in [3.63, 3.8) is 0 Å². The topological polar surface area (TPSA) is 44.7 Å². The first-order valence-electron chi connectivity index (χ1n) is 8.48. The lowest BCUT2D eigenvalue weighted by molar-refractivity contribution is 0.209. The van der Waals surface area contributed by atoms with Crippen LogP contribution in [0.15, 0.2) is 12.1 Å². The zero-order valence-electron chi connectivity index (χ0n) is 14.2. The van der Waals surface area contributed by atoms with E-state index in [0.29, 0.717) is 12.6 Å². The van der Waals surface area contributed by atoms with E-state index in [1.807, 2.05) is 6.92 Å². The third-order valence-corrected chi connectivity index (χ3v) is 4.48. The molecular formula is C18H30N2O2. The number of likely N-dealkylation sites (N-methyl/N-ethyl adjacent to an activating group) is 1. The van der Waals surface area contributed by atoms with Gasteiger partial charge in [-0.1, -0.05) is 13.0 Å². The lowest BCUT2D eigenvalue weighted by Crippen LogP contribution is -2.37. The zero-order chi connectivity index (χ0) is 15.9. The summed E-state index contributed by atoms with van der Waals surface area (Å²) >= 11 is 0. The maximum atomic E-state index is 8.87. The molecule has 0 saturated heterocycles. The molecule has 4 heteroatoms. The number of nitrogens with zero attached hydrogens (tertiary/aromatic N) is 1. The molecule has 1 aromatic carbocycles. The lowest BCUT2D eigenvalue weighted by Gasteiger charge is -2.34. The van der Waals surface area contributed by atoms with Gasteiger partial charge in [0.2, 0.25) is 0 Å². The fourth-order valence-electron chi connectivity index (χ4n) is 3.17. The van der Waals surface area contributed by atoms with Gasteiger partial charge in [-0.15, -0.1) is 0 Å². The molecule has 1 aliphatic heterocycles. The second-order valence-electron chi connectivity index (χ2n) is 6.10. The first-order valence-corrected chi connectivity index (χ1v) is 8.48. The van der Waals surface area contributed by atoms with Gasteiger partial charge in [-0.3, -0.25) is 4.90 Å². The van der Waals surface area contributed by atoms with Gasteiger partial charge < -0.3 is 15.2 Å². The molecule has 0 aliphatic carbocycles. The molecule has 1 aromatic rings. The van der Waals surface area contributed by atoms with Crippen LogP contribution in [0, 0.1) is 0 Å². The zero-order valence-corrected chi connectivity index (χ0v) is 14.2. The smallest absolute Gasteiger partial charge is 0.124 e. The van der Waals surface area contributed by atoms with Crippen molar-refractivity contribution in [1.82, 2.24) is 10.2 Å². The minimum absolute atomic E-state index is 0.236. The summed E-state index contributed by atoms with van der Waals surface area (Å²) in [7, 11) is 2.21. The number of hydrogen-bond acceptors (Lipinski definition) is 4. The Bertz CT molecular complexity index is 476. The molecule has 2 N–H and O–H groups in total. The fraction of sp³-hybridized carbons (Fsp3) is 0.667. The highest BCUT2D eigenvalue weighted by Crippen LogP contribution is 2.30. The monoisotopic (exact) mass is 306 g/mol. The molecule has 1 unspecified atom stereocenters. The third kappa shape index (κ3) is 4.22. The van der Waals surface area contributed by atoms with E-state index in [1.54, 1.807) is 0 Å². The van der Waals surface area contributed by atoms with Crippen LogP contribution >= 0.6 is 0 Å². The van der Waals surface area contributed by atoms with E-state index in [4.69, 9.17) is 9.84 Å². The highest BCUT2D eigenvalue weighted by atomic mass is 16.5. The van der Waals surface area contributed by atoms with Crippen LogP contribution in [0.4, 0.5) is 0 Å². The average Bonchev–Trinajstić information content (AvgIpc) is 2.51. The summed E-state index contributed by atoms with van der Waals surface area (Å²) < 4.78 is 5.84. The van der Waals surface area contributed by atoms with E-state index < -0.39 is 0 Å². The van der Waals surface area contributed by atoms with Crippen LogP contribution in [0.25, 0.3) is 0 Å². The Morgan fingerprint density at radius 1 is 1.32 bits per heavy atom. The molecular weight excluding hydrogens is 276 g/mol. The predicted octanol–water partition coefficient (Wildman–Crippen LogP) is 2.32. The lowest BCUT2D eigenvalue weighted by atomic mass is 9.91. The Labute approximate surface area is 134 Å². The van der Waals surface area contributed by atoms with E-state index >= 15 is 0 Å². The highest BCUT2D eigenvalue weighted by molar-refractivity contribution is 5.44. The van der Waals surface area contributed by atoms with Gasteiger partial charge in [-0.05, 0) is 57.0 Å². The summed E-state index contributed by atoms with van der Waals surface area (Å²) in [5.41, 5.74) is 4.10. The van der Waals surface area contributed by atoms with Crippen molar-refractivity contribution in [2.45, 2.75) is 52.2 Å². The molecule has 0 amide bonds. The van der Waals surface area contributed by atoms with Crippen LogP contribution in [0.2, 0.25) is 0 Å². The summed E-state index contributed by atoms with van der Waals surface area (Å²) in [4.78, 5) is 2.44. The molecule has 0 spiro atoms. The van der Waals surface area contributed by atoms with Crippen LogP contribution in [-0.4, -0.2) is 42.9 Å². The van der Waals surface area contributed by atoms with Crippen LogP contribution in [0.3, 0.4) is 0 Å². The summed E-state index contributed by atoms with van der Waals surface area (Å²) in [6.45, 7) is 7.86. The average molecular weight is 306 g/mol. The van der Waals surface area contributed by atoms with Gasteiger partial charge in [0.1, 0.15) is 5.75 Å². The number of benzene rings is 1. The van der Waals surface area contributed by atoms with E-state index in [0.717, 1.165) is 38.2 Å². The molecule has 0 radical (unpaired) electrons. The maximum Gasteiger partial charge on any atom is 0.124 e. The number of aliphatic hydroxyl groups excluding tert-OH is 1. The number of ether oxygens (including phenoxy) is 1. The Balaban J connectivity index is 2.17. The molecule has 4 nitrogen and oxygen atoms in total. The summed E-state index contributed by atoms with van der Waals surface area (Å²) in [5, 5.41) is 12.3. The molecule has 0 fully saturated rings. The largest absolute Gasteiger partial charge is 0.494 e. The van der Waals surface area contributed by atoms with E-state index in [9.17, 15) is 0 Å². The van der Waals surface area contributed by atoms with E-state index in [-0.39, 0.29) is 6.61 Å².